The van der Waals surface area contributed by atoms with Crippen LogP contribution in [0.1, 0.15) is 53.4 Å². The Labute approximate surface area is 177 Å². The number of halogens is 1. The zero-order valence-electron chi connectivity index (χ0n) is 15.6. The topological polar surface area (TPSA) is 49.3 Å². The third kappa shape index (κ3) is 5.94. The number of aryl methyl sites for hydroxylation is 3. The molecular formula is C20H29IN4S. The van der Waals surface area contributed by atoms with Crippen LogP contribution in [0.25, 0.3) is 0 Å². The molecule has 2 N–H and O–H groups in total. The van der Waals surface area contributed by atoms with Gasteiger partial charge in [0.15, 0.2) is 5.96 Å². The Bertz CT molecular complexity index is 676. The number of benzene rings is 1. The van der Waals surface area contributed by atoms with E-state index in [2.05, 4.69) is 46.8 Å². The average Bonchev–Trinajstić information content (AvgIpc) is 3.07. The van der Waals surface area contributed by atoms with Crippen LogP contribution in [0.4, 0.5) is 0 Å². The van der Waals surface area contributed by atoms with Crippen molar-refractivity contribution < 1.29 is 0 Å². The predicted molar refractivity (Wildman–Crippen MR) is 122 cm³/mol. The second-order valence-electron chi connectivity index (χ2n) is 6.56. The van der Waals surface area contributed by atoms with E-state index in [1.807, 2.05) is 24.5 Å². The minimum Gasteiger partial charge on any atom is -0.356 e. The SMILES string of the molecule is CN=C(NCCCc1nc2c(s1)CCCC2)NC(C)c1ccccc1.I. The molecule has 1 heterocycles. The molecule has 0 saturated carbocycles. The Morgan fingerprint density at radius 1 is 1.23 bits per heavy atom. The van der Waals surface area contributed by atoms with E-state index in [-0.39, 0.29) is 30.0 Å². The van der Waals surface area contributed by atoms with Gasteiger partial charge < -0.3 is 10.6 Å². The average molecular weight is 484 g/mol. The molecule has 0 aliphatic heterocycles. The molecule has 1 aliphatic carbocycles. The number of fused-ring (bicyclic) bond motifs is 1. The molecule has 1 aromatic carbocycles. The zero-order valence-corrected chi connectivity index (χ0v) is 18.8. The van der Waals surface area contributed by atoms with Gasteiger partial charge in [0, 0.05) is 24.9 Å². The second kappa shape index (κ2) is 10.9. The molecule has 0 bridgehead atoms. The largest absolute Gasteiger partial charge is 0.356 e. The van der Waals surface area contributed by atoms with Gasteiger partial charge in [0.05, 0.1) is 16.7 Å². The Morgan fingerprint density at radius 3 is 2.73 bits per heavy atom. The normalized spacial score (nSPS) is 14.9. The van der Waals surface area contributed by atoms with E-state index >= 15 is 0 Å². The summed E-state index contributed by atoms with van der Waals surface area (Å²) in [5.74, 6) is 0.856. The van der Waals surface area contributed by atoms with Gasteiger partial charge in [-0.15, -0.1) is 35.3 Å². The summed E-state index contributed by atoms with van der Waals surface area (Å²) in [5, 5.41) is 8.17. The van der Waals surface area contributed by atoms with E-state index in [0.29, 0.717) is 0 Å². The molecule has 26 heavy (non-hydrogen) atoms. The molecule has 0 fully saturated rings. The molecule has 142 valence electrons. The summed E-state index contributed by atoms with van der Waals surface area (Å²) in [4.78, 5) is 10.7. The van der Waals surface area contributed by atoms with Crippen LogP contribution < -0.4 is 10.6 Å². The van der Waals surface area contributed by atoms with Crippen LogP contribution in [0.2, 0.25) is 0 Å². The molecule has 0 saturated heterocycles. The van der Waals surface area contributed by atoms with E-state index in [1.165, 1.54) is 46.8 Å². The molecule has 0 amide bonds. The van der Waals surface area contributed by atoms with Crippen molar-refractivity contribution in [3.05, 3.63) is 51.5 Å². The van der Waals surface area contributed by atoms with E-state index in [1.54, 1.807) is 0 Å². The smallest absolute Gasteiger partial charge is 0.191 e. The first-order chi connectivity index (χ1) is 12.3. The van der Waals surface area contributed by atoms with E-state index in [0.717, 1.165) is 25.3 Å². The molecule has 1 aliphatic rings. The molecule has 4 nitrogen and oxygen atoms in total. The first kappa shape index (κ1) is 21.2. The van der Waals surface area contributed by atoms with Gasteiger partial charge in [0.1, 0.15) is 0 Å². The van der Waals surface area contributed by atoms with Gasteiger partial charge in [-0.3, -0.25) is 4.99 Å². The van der Waals surface area contributed by atoms with Gasteiger partial charge in [0.25, 0.3) is 0 Å². The lowest BCUT2D eigenvalue weighted by Gasteiger charge is -2.18. The summed E-state index contributed by atoms with van der Waals surface area (Å²) >= 11 is 1.92. The van der Waals surface area contributed by atoms with Crippen LogP contribution in [-0.2, 0) is 19.3 Å². The number of aliphatic imine (C=N–C) groups is 1. The number of guanidine groups is 1. The van der Waals surface area contributed by atoms with Crippen molar-refractivity contribution >= 4 is 41.3 Å². The van der Waals surface area contributed by atoms with Crippen molar-refractivity contribution in [2.24, 2.45) is 4.99 Å². The first-order valence-electron chi connectivity index (χ1n) is 9.26. The minimum absolute atomic E-state index is 0. The van der Waals surface area contributed by atoms with Crippen molar-refractivity contribution in [2.45, 2.75) is 51.5 Å². The predicted octanol–water partition coefficient (Wildman–Crippen LogP) is 4.50. The number of hydrogen-bond donors (Lipinski definition) is 2. The molecule has 0 spiro atoms. The first-order valence-corrected chi connectivity index (χ1v) is 10.1. The van der Waals surface area contributed by atoms with Gasteiger partial charge in [-0.25, -0.2) is 4.98 Å². The highest BCUT2D eigenvalue weighted by Crippen LogP contribution is 2.27. The number of nitrogens with zero attached hydrogens (tertiary/aromatic N) is 2. The van der Waals surface area contributed by atoms with Crippen LogP contribution in [0, 0.1) is 0 Å². The molecular weight excluding hydrogens is 455 g/mol. The molecule has 1 aromatic heterocycles. The lowest BCUT2D eigenvalue weighted by molar-refractivity contribution is 0.669. The quantitative estimate of drug-likeness (QED) is 0.275. The third-order valence-corrected chi connectivity index (χ3v) is 5.84. The summed E-state index contributed by atoms with van der Waals surface area (Å²) in [6.07, 6.45) is 7.18. The van der Waals surface area contributed by atoms with E-state index in [9.17, 15) is 0 Å². The van der Waals surface area contributed by atoms with Crippen LogP contribution in [-0.4, -0.2) is 24.5 Å². The number of aromatic nitrogens is 1. The monoisotopic (exact) mass is 484 g/mol. The highest BCUT2D eigenvalue weighted by molar-refractivity contribution is 14.0. The highest BCUT2D eigenvalue weighted by atomic mass is 127. The van der Waals surface area contributed by atoms with Crippen molar-refractivity contribution in [2.75, 3.05) is 13.6 Å². The number of hydrogen-bond acceptors (Lipinski definition) is 3. The summed E-state index contributed by atoms with van der Waals surface area (Å²) in [6.45, 7) is 3.06. The number of nitrogens with one attached hydrogen (secondary N) is 2. The summed E-state index contributed by atoms with van der Waals surface area (Å²) in [6, 6.07) is 10.7. The van der Waals surface area contributed by atoms with Crippen molar-refractivity contribution in [1.82, 2.24) is 15.6 Å². The second-order valence-corrected chi connectivity index (χ2v) is 7.73. The summed E-state index contributed by atoms with van der Waals surface area (Å²) in [7, 11) is 1.82. The maximum absolute atomic E-state index is 4.82. The maximum atomic E-state index is 4.82. The van der Waals surface area contributed by atoms with Crippen LogP contribution in [0.15, 0.2) is 35.3 Å². The number of rotatable bonds is 6. The van der Waals surface area contributed by atoms with E-state index in [4.69, 9.17) is 4.98 Å². The highest BCUT2D eigenvalue weighted by Gasteiger charge is 2.14. The van der Waals surface area contributed by atoms with Crippen LogP contribution in [0.5, 0.6) is 0 Å². The Kier molecular flexibility index (Phi) is 8.84. The van der Waals surface area contributed by atoms with Gasteiger partial charge in [0.2, 0.25) is 0 Å². The maximum Gasteiger partial charge on any atom is 0.191 e. The van der Waals surface area contributed by atoms with Crippen LogP contribution in [0.3, 0.4) is 0 Å². The standard InChI is InChI=1S/C20H28N4S.HI/c1-15(16-9-4-3-5-10-16)23-20(21-2)22-14-8-13-19-24-17-11-6-7-12-18(17)25-19;/h3-5,9-10,15H,6-8,11-14H2,1-2H3,(H2,21,22,23);1H. The fraction of sp³-hybridized carbons (Fsp3) is 0.500. The van der Waals surface area contributed by atoms with Crippen molar-refractivity contribution in [1.29, 1.82) is 0 Å². The van der Waals surface area contributed by atoms with Crippen molar-refractivity contribution in [3.63, 3.8) is 0 Å². The lowest BCUT2D eigenvalue weighted by atomic mass is 10.0. The zero-order chi connectivity index (χ0) is 17.5. The molecule has 1 unspecified atom stereocenters. The summed E-state index contributed by atoms with van der Waals surface area (Å²) < 4.78 is 0. The Hall–Kier alpha value is -1.15. The summed E-state index contributed by atoms with van der Waals surface area (Å²) in [5.41, 5.74) is 2.63. The van der Waals surface area contributed by atoms with Gasteiger partial charge in [-0.1, -0.05) is 30.3 Å². The Balaban J connectivity index is 0.00000243. The molecule has 1 atom stereocenters. The lowest BCUT2D eigenvalue weighted by Crippen LogP contribution is -2.39. The fourth-order valence-corrected chi connectivity index (χ4v) is 4.38. The molecule has 2 aromatic rings. The van der Waals surface area contributed by atoms with Crippen LogP contribution >= 0.6 is 35.3 Å². The Morgan fingerprint density at radius 2 is 2.00 bits per heavy atom. The third-order valence-electron chi connectivity index (χ3n) is 4.63. The van der Waals surface area contributed by atoms with E-state index < -0.39 is 0 Å². The van der Waals surface area contributed by atoms with Gasteiger partial charge in [-0.05, 0) is 44.6 Å². The molecule has 3 rings (SSSR count). The minimum atomic E-state index is 0. The fourth-order valence-electron chi connectivity index (χ4n) is 3.18. The molecule has 0 radical (unpaired) electrons. The number of thiazole rings is 1. The van der Waals surface area contributed by atoms with Crippen molar-refractivity contribution in [3.8, 4) is 0 Å². The molecule has 6 heteroatoms. The van der Waals surface area contributed by atoms with Gasteiger partial charge >= 0.3 is 0 Å². The van der Waals surface area contributed by atoms with Gasteiger partial charge in [-0.2, -0.15) is 0 Å².